The van der Waals surface area contributed by atoms with Gasteiger partial charge in [0, 0.05) is 13.1 Å². The quantitative estimate of drug-likeness (QED) is 0.848. The Labute approximate surface area is 168 Å². The third-order valence-electron chi connectivity index (χ3n) is 5.40. The lowest BCUT2D eigenvalue weighted by atomic mass is 9.87. The van der Waals surface area contributed by atoms with Gasteiger partial charge in [0.15, 0.2) is 0 Å². The third kappa shape index (κ3) is 5.02. The Morgan fingerprint density at radius 2 is 1.70 bits per heavy atom. The van der Waals surface area contributed by atoms with E-state index in [1.54, 1.807) is 7.11 Å². The molecule has 1 saturated heterocycles. The second-order valence-corrected chi connectivity index (χ2v) is 7.36. The highest BCUT2D eigenvalue weighted by molar-refractivity contribution is 5.87. The van der Waals surface area contributed by atoms with Gasteiger partial charge >= 0.3 is 0 Å². The smallest absolute Gasteiger partial charge is 0.246 e. The molecule has 1 heterocycles. The number of likely N-dealkylation sites (tertiary alicyclic amines) is 1. The number of carbonyl (C=O) groups is 1. The monoisotopic (exact) mass is 388 g/mol. The van der Waals surface area contributed by atoms with Gasteiger partial charge in [-0.05, 0) is 55.4 Å². The van der Waals surface area contributed by atoms with Crippen LogP contribution in [0, 0.1) is 5.92 Å². The Bertz CT molecular complexity index is 724. The molecule has 1 aliphatic rings. The number of rotatable bonds is 5. The number of hydrogen-bond acceptors (Lipinski definition) is 3. The fourth-order valence-corrected chi connectivity index (χ4v) is 3.67. The van der Waals surface area contributed by atoms with E-state index < -0.39 is 5.54 Å². The molecule has 2 N–H and O–H groups in total. The molecule has 2 aromatic carbocycles. The van der Waals surface area contributed by atoms with Crippen molar-refractivity contribution in [3.05, 3.63) is 65.7 Å². The van der Waals surface area contributed by atoms with Gasteiger partial charge in [0.1, 0.15) is 11.3 Å². The summed E-state index contributed by atoms with van der Waals surface area (Å²) in [5.74, 6) is 1.51. The zero-order valence-corrected chi connectivity index (χ0v) is 16.9. The number of amides is 1. The summed E-state index contributed by atoms with van der Waals surface area (Å²) in [7, 11) is 1.68. The number of nitrogens with two attached hydrogens (primary N) is 1. The number of carbonyl (C=O) groups excluding carboxylic acids is 1. The molecule has 0 radical (unpaired) electrons. The maximum atomic E-state index is 12.9. The van der Waals surface area contributed by atoms with Gasteiger partial charge in [-0.1, -0.05) is 42.5 Å². The van der Waals surface area contributed by atoms with Gasteiger partial charge in [0.2, 0.25) is 5.91 Å². The fourth-order valence-electron chi connectivity index (χ4n) is 3.67. The minimum Gasteiger partial charge on any atom is -0.497 e. The lowest BCUT2D eigenvalue weighted by Crippen LogP contribution is -2.53. The Morgan fingerprint density at radius 3 is 2.26 bits per heavy atom. The molecule has 1 amide bonds. The van der Waals surface area contributed by atoms with E-state index >= 15 is 0 Å². The van der Waals surface area contributed by atoms with E-state index in [1.807, 2.05) is 54.3 Å². The molecule has 0 aliphatic carbocycles. The van der Waals surface area contributed by atoms with E-state index in [2.05, 4.69) is 12.1 Å². The highest BCUT2D eigenvalue weighted by atomic mass is 35.5. The SMILES string of the molecule is COc1ccc(CC2CCN(C(=O)C(C)(N)c3ccccc3)CC2)cc1.Cl. The molecule has 1 unspecified atom stereocenters. The fraction of sp³-hybridized carbons (Fsp3) is 0.409. The Morgan fingerprint density at radius 1 is 1.11 bits per heavy atom. The first kappa shape index (κ1) is 21.3. The van der Waals surface area contributed by atoms with Gasteiger partial charge in [-0.3, -0.25) is 4.79 Å². The summed E-state index contributed by atoms with van der Waals surface area (Å²) in [4.78, 5) is 14.9. The number of nitrogens with zero attached hydrogens (tertiary/aromatic N) is 1. The van der Waals surface area contributed by atoms with Crippen molar-refractivity contribution in [2.45, 2.75) is 31.7 Å². The summed E-state index contributed by atoms with van der Waals surface area (Å²) in [6, 6.07) is 17.9. The van der Waals surface area contributed by atoms with Crippen LogP contribution >= 0.6 is 12.4 Å². The molecule has 27 heavy (non-hydrogen) atoms. The van der Waals surface area contributed by atoms with Crippen LogP contribution in [0.4, 0.5) is 0 Å². The molecule has 0 aromatic heterocycles. The average molecular weight is 389 g/mol. The average Bonchev–Trinajstić information content (AvgIpc) is 2.69. The van der Waals surface area contributed by atoms with Crippen molar-refractivity contribution < 1.29 is 9.53 Å². The van der Waals surface area contributed by atoms with Crippen molar-refractivity contribution in [1.29, 1.82) is 0 Å². The van der Waals surface area contributed by atoms with Gasteiger partial charge < -0.3 is 15.4 Å². The number of halogens is 1. The van der Waals surface area contributed by atoms with Crippen LogP contribution in [0.15, 0.2) is 54.6 Å². The van der Waals surface area contributed by atoms with Crippen LogP contribution in [0.1, 0.15) is 30.9 Å². The van der Waals surface area contributed by atoms with E-state index in [0.717, 1.165) is 43.7 Å². The predicted molar refractivity (Wildman–Crippen MR) is 111 cm³/mol. The van der Waals surface area contributed by atoms with Gasteiger partial charge in [-0.25, -0.2) is 0 Å². The molecule has 5 heteroatoms. The number of methoxy groups -OCH3 is 1. The lowest BCUT2D eigenvalue weighted by Gasteiger charge is -2.37. The number of piperidine rings is 1. The van der Waals surface area contributed by atoms with E-state index in [0.29, 0.717) is 5.92 Å². The summed E-state index contributed by atoms with van der Waals surface area (Å²) in [5.41, 5.74) is 7.62. The maximum absolute atomic E-state index is 12.9. The van der Waals surface area contributed by atoms with E-state index in [4.69, 9.17) is 10.5 Å². The number of ether oxygens (including phenoxy) is 1. The first-order chi connectivity index (χ1) is 12.5. The second-order valence-electron chi connectivity index (χ2n) is 7.36. The maximum Gasteiger partial charge on any atom is 0.246 e. The first-order valence-electron chi connectivity index (χ1n) is 9.27. The second kappa shape index (κ2) is 9.25. The summed E-state index contributed by atoms with van der Waals surface area (Å²) in [5, 5.41) is 0. The molecule has 1 atom stereocenters. The van der Waals surface area contributed by atoms with Crippen molar-refractivity contribution in [2.75, 3.05) is 20.2 Å². The molecule has 2 aromatic rings. The Hall–Kier alpha value is -2.04. The van der Waals surface area contributed by atoms with Crippen molar-refractivity contribution >= 4 is 18.3 Å². The normalized spacial score (nSPS) is 16.9. The minimum atomic E-state index is -0.968. The Kier molecular flexibility index (Phi) is 7.28. The third-order valence-corrected chi connectivity index (χ3v) is 5.40. The van der Waals surface area contributed by atoms with Gasteiger partial charge in [-0.15, -0.1) is 12.4 Å². The molecular weight excluding hydrogens is 360 g/mol. The van der Waals surface area contributed by atoms with Crippen LogP contribution in [0.25, 0.3) is 0 Å². The van der Waals surface area contributed by atoms with E-state index in [9.17, 15) is 4.79 Å². The standard InChI is InChI=1S/C22H28N2O2.ClH/c1-22(23,19-6-4-3-5-7-19)21(25)24-14-12-18(13-15-24)16-17-8-10-20(26-2)11-9-17;/h3-11,18H,12-16,23H2,1-2H3;1H. The molecule has 1 aliphatic heterocycles. The largest absolute Gasteiger partial charge is 0.497 e. The van der Waals surface area contributed by atoms with Crippen LogP contribution in [0.3, 0.4) is 0 Å². The zero-order valence-electron chi connectivity index (χ0n) is 16.1. The minimum absolute atomic E-state index is 0. The summed E-state index contributed by atoms with van der Waals surface area (Å²) in [6.45, 7) is 3.37. The van der Waals surface area contributed by atoms with E-state index in [1.165, 1.54) is 5.56 Å². The van der Waals surface area contributed by atoms with Crippen molar-refractivity contribution in [3.8, 4) is 5.75 Å². The van der Waals surface area contributed by atoms with Crippen LogP contribution in [-0.2, 0) is 16.8 Å². The molecule has 1 fully saturated rings. The van der Waals surface area contributed by atoms with Crippen LogP contribution < -0.4 is 10.5 Å². The number of hydrogen-bond donors (Lipinski definition) is 1. The lowest BCUT2D eigenvalue weighted by molar-refractivity contribution is -0.138. The topological polar surface area (TPSA) is 55.6 Å². The van der Waals surface area contributed by atoms with Crippen LogP contribution in [0.5, 0.6) is 5.75 Å². The molecule has 0 bridgehead atoms. The van der Waals surface area contributed by atoms with Gasteiger partial charge in [-0.2, -0.15) is 0 Å². The van der Waals surface area contributed by atoms with Gasteiger partial charge in [0.25, 0.3) is 0 Å². The highest BCUT2D eigenvalue weighted by Gasteiger charge is 2.35. The van der Waals surface area contributed by atoms with Crippen molar-refractivity contribution in [2.24, 2.45) is 11.7 Å². The number of benzene rings is 2. The first-order valence-corrected chi connectivity index (χ1v) is 9.27. The Balaban J connectivity index is 0.00000261. The van der Waals surface area contributed by atoms with Crippen molar-refractivity contribution in [1.82, 2.24) is 4.90 Å². The molecule has 4 nitrogen and oxygen atoms in total. The van der Waals surface area contributed by atoms with Crippen LogP contribution in [-0.4, -0.2) is 31.0 Å². The molecule has 0 spiro atoms. The molecule has 3 rings (SSSR count). The van der Waals surface area contributed by atoms with E-state index in [-0.39, 0.29) is 18.3 Å². The van der Waals surface area contributed by atoms with Crippen molar-refractivity contribution in [3.63, 3.8) is 0 Å². The summed E-state index contributed by atoms with van der Waals surface area (Å²) < 4.78 is 5.21. The highest BCUT2D eigenvalue weighted by Crippen LogP contribution is 2.26. The van der Waals surface area contributed by atoms with Gasteiger partial charge in [0.05, 0.1) is 7.11 Å². The summed E-state index contributed by atoms with van der Waals surface area (Å²) >= 11 is 0. The predicted octanol–water partition coefficient (Wildman–Crippen LogP) is 3.77. The zero-order chi connectivity index (χ0) is 18.6. The van der Waals surface area contributed by atoms with Crippen LogP contribution in [0.2, 0.25) is 0 Å². The molecular formula is C22H29ClN2O2. The summed E-state index contributed by atoms with van der Waals surface area (Å²) in [6.07, 6.45) is 3.08. The molecule has 0 saturated carbocycles. The molecule has 146 valence electrons.